The minimum Gasteiger partial charge on any atom is -0.378 e. The van der Waals surface area contributed by atoms with Gasteiger partial charge in [-0.15, -0.1) is 0 Å². The average Bonchev–Trinajstić information content (AvgIpc) is 2.67. The normalized spacial score (nSPS) is 15.0. The SMILES string of the molecule is O=C(CNS(=O)(=O)Cc1ccccc1)c1ccc(N2CCOCC2)cc1. The summed E-state index contributed by atoms with van der Waals surface area (Å²) < 4.78 is 31.9. The van der Waals surface area contributed by atoms with Crippen LogP contribution in [0.5, 0.6) is 0 Å². The number of hydrogen-bond acceptors (Lipinski definition) is 5. The third kappa shape index (κ3) is 5.14. The van der Waals surface area contributed by atoms with Gasteiger partial charge in [0.05, 0.1) is 25.5 Å². The van der Waals surface area contributed by atoms with Crippen molar-refractivity contribution in [2.45, 2.75) is 5.75 Å². The first-order chi connectivity index (χ1) is 12.5. The number of Topliss-reactive ketones (excluding diaryl/α,β-unsaturated/α-hetero) is 1. The van der Waals surface area contributed by atoms with E-state index in [0.29, 0.717) is 24.3 Å². The third-order valence-corrected chi connectivity index (χ3v) is 5.52. The maximum Gasteiger partial charge on any atom is 0.216 e. The highest BCUT2D eigenvalue weighted by atomic mass is 32.2. The first-order valence-electron chi connectivity index (χ1n) is 8.51. The van der Waals surface area contributed by atoms with E-state index < -0.39 is 10.0 Å². The van der Waals surface area contributed by atoms with Crippen molar-refractivity contribution in [1.82, 2.24) is 4.72 Å². The average molecular weight is 374 g/mol. The fraction of sp³-hybridized carbons (Fsp3) is 0.316. The Morgan fingerprint density at radius 2 is 1.65 bits per heavy atom. The smallest absolute Gasteiger partial charge is 0.216 e. The van der Waals surface area contributed by atoms with E-state index in [1.165, 1.54) is 0 Å². The predicted octanol–water partition coefficient (Wildman–Crippen LogP) is 1.83. The maximum atomic E-state index is 12.3. The Hall–Kier alpha value is -2.22. The zero-order chi connectivity index (χ0) is 18.4. The lowest BCUT2D eigenvalue weighted by Gasteiger charge is -2.28. The van der Waals surface area contributed by atoms with Gasteiger partial charge in [0.15, 0.2) is 5.78 Å². The monoisotopic (exact) mass is 374 g/mol. The van der Waals surface area contributed by atoms with Gasteiger partial charge in [0, 0.05) is 24.3 Å². The summed E-state index contributed by atoms with van der Waals surface area (Å²) in [5, 5.41) is 0. The van der Waals surface area contributed by atoms with Crippen LogP contribution in [0, 0.1) is 0 Å². The highest BCUT2D eigenvalue weighted by Gasteiger charge is 2.15. The van der Waals surface area contributed by atoms with Crippen molar-refractivity contribution in [2.75, 3.05) is 37.7 Å². The van der Waals surface area contributed by atoms with Crippen LogP contribution in [0.15, 0.2) is 54.6 Å². The molecular weight excluding hydrogens is 352 g/mol. The molecule has 138 valence electrons. The number of carbonyl (C=O) groups is 1. The quantitative estimate of drug-likeness (QED) is 0.749. The summed E-state index contributed by atoms with van der Waals surface area (Å²) in [6.07, 6.45) is 0. The molecule has 0 saturated carbocycles. The fourth-order valence-electron chi connectivity index (χ4n) is 2.80. The van der Waals surface area contributed by atoms with Gasteiger partial charge < -0.3 is 9.64 Å². The molecule has 0 spiro atoms. The molecule has 1 aliphatic heterocycles. The Kier molecular flexibility index (Phi) is 6.03. The van der Waals surface area contributed by atoms with Crippen molar-refractivity contribution < 1.29 is 17.9 Å². The van der Waals surface area contributed by atoms with E-state index in [9.17, 15) is 13.2 Å². The lowest BCUT2D eigenvalue weighted by atomic mass is 10.1. The van der Waals surface area contributed by atoms with Crippen LogP contribution >= 0.6 is 0 Å². The molecule has 6 nitrogen and oxygen atoms in total. The van der Waals surface area contributed by atoms with Crippen molar-refractivity contribution in [3.8, 4) is 0 Å². The number of nitrogens with zero attached hydrogens (tertiary/aromatic N) is 1. The van der Waals surface area contributed by atoms with E-state index in [2.05, 4.69) is 9.62 Å². The summed E-state index contributed by atoms with van der Waals surface area (Å²) in [5.41, 5.74) is 2.21. The van der Waals surface area contributed by atoms with Crippen LogP contribution in [0.1, 0.15) is 15.9 Å². The van der Waals surface area contributed by atoms with Crippen molar-refractivity contribution in [3.05, 3.63) is 65.7 Å². The largest absolute Gasteiger partial charge is 0.378 e. The minimum atomic E-state index is -3.56. The highest BCUT2D eigenvalue weighted by Crippen LogP contribution is 2.17. The molecule has 0 radical (unpaired) electrons. The molecule has 26 heavy (non-hydrogen) atoms. The molecule has 1 saturated heterocycles. The summed E-state index contributed by atoms with van der Waals surface area (Å²) >= 11 is 0. The molecule has 2 aromatic carbocycles. The number of rotatable bonds is 7. The summed E-state index contributed by atoms with van der Waals surface area (Å²) in [7, 11) is -3.56. The molecule has 0 aliphatic carbocycles. The number of carbonyl (C=O) groups excluding carboxylic acids is 1. The van der Waals surface area contributed by atoms with Gasteiger partial charge in [-0.05, 0) is 29.8 Å². The van der Waals surface area contributed by atoms with Crippen LogP contribution in [-0.4, -0.2) is 47.0 Å². The molecule has 0 amide bonds. The Labute approximate surface area is 153 Å². The zero-order valence-electron chi connectivity index (χ0n) is 14.4. The van der Waals surface area contributed by atoms with Crippen molar-refractivity contribution >= 4 is 21.5 Å². The van der Waals surface area contributed by atoms with Crippen LogP contribution in [0.3, 0.4) is 0 Å². The predicted molar refractivity (Wildman–Crippen MR) is 101 cm³/mol. The molecule has 0 aromatic heterocycles. The molecule has 0 unspecified atom stereocenters. The van der Waals surface area contributed by atoms with Gasteiger partial charge in [-0.2, -0.15) is 0 Å². The van der Waals surface area contributed by atoms with Gasteiger partial charge in [-0.3, -0.25) is 4.79 Å². The Morgan fingerprint density at radius 1 is 1.00 bits per heavy atom. The van der Waals surface area contributed by atoms with Gasteiger partial charge in [0.2, 0.25) is 10.0 Å². The first-order valence-corrected chi connectivity index (χ1v) is 10.2. The zero-order valence-corrected chi connectivity index (χ0v) is 15.2. The van der Waals surface area contributed by atoms with Crippen LogP contribution in [0.25, 0.3) is 0 Å². The lowest BCUT2D eigenvalue weighted by molar-refractivity contribution is 0.0997. The Bertz CT molecular complexity index is 830. The van der Waals surface area contributed by atoms with Crippen LogP contribution < -0.4 is 9.62 Å². The highest BCUT2D eigenvalue weighted by molar-refractivity contribution is 7.88. The van der Waals surface area contributed by atoms with Crippen molar-refractivity contribution in [3.63, 3.8) is 0 Å². The first kappa shape index (κ1) is 18.6. The number of nitrogens with one attached hydrogen (secondary N) is 1. The fourth-order valence-corrected chi connectivity index (χ4v) is 3.89. The van der Waals surface area contributed by atoms with Crippen LogP contribution in [-0.2, 0) is 20.5 Å². The van der Waals surface area contributed by atoms with E-state index in [-0.39, 0.29) is 18.1 Å². The van der Waals surface area contributed by atoms with E-state index in [4.69, 9.17) is 4.74 Å². The number of morpholine rings is 1. The summed E-state index contributed by atoms with van der Waals surface area (Å²) in [5.74, 6) is -0.396. The minimum absolute atomic E-state index is 0.142. The number of sulfonamides is 1. The number of ketones is 1. The molecule has 1 aliphatic rings. The number of hydrogen-bond donors (Lipinski definition) is 1. The number of benzene rings is 2. The van der Waals surface area contributed by atoms with E-state index >= 15 is 0 Å². The second-order valence-corrected chi connectivity index (χ2v) is 7.94. The molecule has 1 fully saturated rings. The molecule has 0 bridgehead atoms. The molecule has 1 N–H and O–H groups in total. The van der Waals surface area contributed by atoms with Crippen LogP contribution in [0.4, 0.5) is 5.69 Å². The standard InChI is InChI=1S/C19H22N2O4S/c22-19(14-20-26(23,24)15-16-4-2-1-3-5-16)17-6-8-18(9-7-17)21-10-12-25-13-11-21/h1-9,20H,10-15H2. The molecular formula is C19H22N2O4S. The van der Waals surface area contributed by atoms with E-state index in [1.54, 1.807) is 36.4 Å². The maximum absolute atomic E-state index is 12.3. The topological polar surface area (TPSA) is 75.7 Å². The molecule has 0 atom stereocenters. The van der Waals surface area contributed by atoms with Gasteiger partial charge in [0.25, 0.3) is 0 Å². The van der Waals surface area contributed by atoms with Gasteiger partial charge in [-0.25, -0.2) is 13.1 Å². The Balaban J connectivity index is 1.56. The third-order valence-electron chi connectivity index (χ3n) is 4.22. The van der Waals surface area contributed by atoms with Crippen molar-refractivity contribution in [1.29, 1.82) is 0 Å². The number of ether oxygens (including phenoxy) is 1. The van der Waals surface area contributed by atoms with Crippen LogP contribution in [0.2, 0.25) is 0 Å². The molecule has 1 heterocycles. The van der Waals surface area contributed by atoms with E-state index in [1.807, 2.05) is 18.2 Å². The Morgan fingerprint density at radius 3 is 2.31 bits per heavy atom. The molecule has 2 aromatic rings. The second kappa shape index (κ2) is 8.44. The van der Waals surface area contributed by atoms with Gasteiger partial charge in [0.1, 0.15) is 0 Å². The van der Waals surface area contributed by atoms with Crippen molar-refractivity contribution in [2.24, 2.45) is 0 Å². The lowest BCUT2D eigenvalue weighted by Crippen LogP contribution is -2.36. The molecule has 7 heteroatoms. The second-order valence-electron chi connectivity index (χ2n) is 6.14. The summed E-state index contributed by atoms with van der Waals surface area (Å²) in [4.78, 5) is 14.5. The number of anilines is 1. The summed E-state index contributed by atoms with van der Waals surface area (Å²) in [6.45, 7) is 2.80. The van der Waals surface area contributed by atoms with Gasteiger partial charge in [-0.1, -0.05) is 30.3 Å². The molecule has 3 rings (SSSR count). The van der Waals surface area contributed by atoms with Gasteiger partial charge >= 0.3 is 0 Å². The van der Waals surface area contributed by atoms with E-state index in [0.717, 1.165) is 18.8 Å². The summed E-state index contributed by atoms with van der Waals surface area (Å²) in [6, 6.07) is 16.1.